The normalized spacial score (nSPS) is 10.7. The first kappa shape index (κ1) is 17.7. The van der Waals surface area contributed by atoms with E-state index in [1.807, 2.05) is 44.2 Å². The summed E-state index contributed by atoms with van der Waals surface area (Å²) in [6.45, 7) is 4.15. The van der Waals surface area contributed by atoms with Gasteiger partial charge in [0.2, 0.25) is 11.8 Å². The minimum atomic E-state index is -0.0806. The molecule has 0 bridgehead atoms. The van der Waals surface area contributed by atoms with Crippen molar-refractivity contribution in [2.45, 2.75) is 33.2 Å². The van der Waals surface area contributed by atoms with E-state index in [4.69, 9.17) is 13.6 Å². The van der Waals surface area contributed by atoms with E-state index in [-0.39, 0.29) is 12.3 Å². The number of benzene rings is 1. The molecule has 7 nitrogen and oxygen atoms in total. The fourth-order valence-electron chi connectivity index (χ4n) is 2.60. The predicted molar refractivity (Wildman–Crippen MR) is 94.6 cm³/mol. The molecule has 0 saturated carbocycles. The third-order valence-corrected chi connectivity index (χ3v) is 3.93. The number of aromatic nitrogens is 2. The van der Waals surface area contributed by atoms with E-state index in [1.54, 1.807) is 7.11 Å². The van der Waals surface area contributed by atoms with Crippen molar-refractivity contribution in [2.24, 2.45) is 0 Å². The molecule has 136 valence electrons. The number of furan rings is 1. The molecule has 1 N–H and O–H groups in total. The van der Waals surface area contributed by atoms with Crippen LogP contribution >= 0.6 is 0 Å². The fraction of sp³-hybridized carbons (Fsp3) is 0.316. The summed E-state index contributed by atoms with van der Waals surface area (Å²) in [5.74, 6) is 3.03. The van der Waals surface area contributed by atoms with Crippen molar-refractivity contribution in [3.05, 3.63) is 53.3 Å². The summed E-state index contributed by atoms with van der Waals surface area (Å²) >= 11 is 0. The van der Waals surface area contributed by atoms with E-state index >= 15 is 0 Å². The lowest BCUT2D eigenvalue weighted by Crippen LogP contribution is -2.23. The molecule has 0 radical (unpaired) electrons. The minimum Gasteiger partial charge on any atom is -0.497 e. The SMILES string of the molecule is COc1cccc(CNC(=O)CCc2nnc(-c3cc(C)oc3C)o2)c1. The van der Waals surface area contributed by atoms with Crippen LogP contribution in [0.1, 0.15) is 29.4 Å². The van der Waals surface area contributed by atoms with Crippen LogP contribution in [0.3, 0.4) is 0 Å². The van der Waals surface area contributed by atoms with Gasteiger partial charge in [-0.25, -0.2) is 0 Å². The van der Waals surface area contributed by atoms with Crippen LogP contribution in [0.2, 0.25) is 0 Å². The van der Waals surface area contributed by atoms with Gasteiger partial charge in [0.1, 0.15) is 17.3 Å². The maximum absolute atomic E-state index is 12.0. The van der Waals surface area contributed by atoms with Crippen molar-refractivity contribution in [3.8, 4) is 17.2 Å². The van der Waals surface area contributed by atoms with Crippen LogP contribution in [0.5, 0.6) is 5.75 Å². The largest absolute Gasteiger partial charge is 0.497 e. The standard InChI is InChI=1S/C19H21N3O4/c1-12-9-16(13(2)25-12)19-22-21-18(26-19)8-7-17(23)20-11-14-5-4-6-15(10-14)24-3/h4-6,9-10H,7-8,11H2,1-3H3,(H,20,23). The van der Waals surface area contributed by atoms with Crippen LogP contribution in [0.25, 0.3) is 11.5 Å². The zero-order valence-electron chi connectivity index (χ0n) is 15.0. The van der Waals surface area contributed by atoms with Crippen molar-refractivity contribution >= 4 is 5.91 Å². The number of hydrogen-bond acceptors (Lipinski definition) is 6. The first-order chi connectivity index (χ1) is 12.5. The monoisotopic (exact) mass is 355 g/mol. The Morgan fingerprint density at radius 2 is 2.04 bits per heavy atom. The first-order valence-electron chi connectivity index (χ1n) is 8.34. The highest BCUT2D eigenvalue weighted by molar-refractivity contribution is 5.76. The van der Waals surface area contributed by atoms with E-state index in [0.29, 0.717) is 24.7 Å². The van der Waals surface area contributed by atoms with Crippen molar-refractivity contribution in [1.29, 1.82) is 0 Å². The lowest BCUT2D eigenvalue weighted by Gasteiger charge is -2.06. The highest BCUT2D eigenvalue weighted by Crippen LogP contribution is 2.25. The van der Waals surface area contributed by atoms with Gasteiger partial charge in [-0.2, -0.15) is 0 Å². The maximum Gasteiger partial charge on any atom is 0.251 e. The van der Waals surface area contributed by atoms with Gasteiger partial charge in [-0.1, -0.05) is 12.1 Å². The second-order valence-electron chi connectivity index (χ2n) is 5.96. The molecule has 0 atom stereocenters. The summed E-state index contributed by atoms with van der Waals surface area (Å²) in [6, 6.07) is 9.43. The molecule has 0 aliphatic carbocycles. The highest BCUT2D eigenvalue weighted by Gasteiger charge is 2.15. The smallest absolute Gasteiger partial charge is 0.251 e. The molecule has 0 saturated heterocycles. The zero-order chi connectivity index (χ0) is 18.5. The highest BCUT2D eigenvalue weighted by atomic mass is 16.5. The molecule has 1 amide bonds. The summed E-state index contributed by atoms with van der Waals surface area (Å²) in [6.07, 6.45) is 0.655. The van der Waals surface area contributed by atoms with Crippen molar-refractivity contribution in [2.75, 3.05) is 7.11 Å². The summed E-state index contributed by atoms with van der Waals surface area (Å²) in [7, 11) is 1.61. The lowest BCUT2D eigenvalue weighted by atomic mass is 10.2. The van der Waals surface area contributed by atoms with E-state index in [0.717, 1.165) is 28.4 Å². The number of nitrogens with one attached hydrogen (secondary N) is 1. The Labute approximate surface area is 151 Å². The number of carbonyl (C=O) groups excluding carboxylic acids is 1. The van der Waals surface area contributed by atoms with Crippen LogP contribution in [-0.2, 0) is 17.8 Å². The molecule has 3 aromatic rings. The summed E-state index contributed by atoms with van der Waals surface area (Å²) < 4.78 is 16.3. The van der Waals surface area contributed by atoms with Gasteiger partial charge in [-0.15, -0.1) is 10.2 Å². The van der Waals surface area contributed by atoms with Crippen molar-refractivity contribution in [3.63, 3.8) is 0 Å². The van der Waals surface area contributed by atoms with Gasteiger partial charge in [0.25, 0.3) is 5.89 Å². The van der Waals surface area contributed by atoms with Crippen LogP contribution in [0.4, 0.5) is 0 Å². The van der Waals surface area contributed by atoms with Crippen LogP contribution < -0.4 is 10.1 Å². The number of hydrogen-bond donors (Lipinski definition) is 1. The van der Waals surface area contributed by atoms with E-state index < -0.39 is 0 Å². The van der Waals surface area contributed by atoms with Gasteiger partial charge in [-0.3, -0.25) is 4.79 Å². The van der Waals surface area contributed by atoms with Gasteiger partial charge in [0, 0.05) is 19.4 Å². The zero-order valence-corrected chi connectivity index (χ0v) is 15.0. The topological polar surface area (TPSA) is 90.4 Å². The average Bonchev–Trinajstić information content (AvgIpc) is 3.24. The van der Waals surface area contributed by atoms with E-state index in [1.165, 1.54) is 0 Å². The Kier molecular flexibility index (Phi) is 5.36. The fourth-order valence-corrected chi connectivity index (χ4v) is 2.60. The molecule has 2 heterocycles. The van der Waals surface area contributed by atoms with Gasteiger partial charge < -0.3 is 18.9 Å². The molecule has 7 heteroatoms. The molecule has 26 heavy (non-hydrogen) atoms. The quantitative estimate of drug-likeness (QED) is 0.700. The molecule has 0 fully saturated rings. The number of aryl methyl sites for hydroxylation is 3. The Morgan fingerprint density at radius 3 is 2.77 bits per heavy atom. The second-order valence-corrected chi connectivity index (χ2v) is 5.96. The minimum absolute atomic E-state index is 0.0806. The van der Waals surface area contributed by atoms with Crippen LogP contribution in [0.15, 0.2) is 39.2 Å². The molecule has 2 aromatic heterocycles. The number of methoxy groups -OCH3 is 1. The Balaban J connectivity index is 1.51. The number of amides is 1. The Hall–Kier alpha value is -3.09. The lowest BCUT2D eigenvalue weighted by molar-refractivity contribution is -0.121. The summed E-state index contributed by atoms with van der Waals surface area (Å²) in [5, 5.41) is 10.9. The van der Waals surface area contributed by atoms with Crippen molar-refractivity contribution in [1.82, 2.24) is 15.5 Å². The Morgan fingerprint density at radius 1 is 1.19 bits per heavy atom. The maximum atomic E-state index is 12.0. The summed E-state index contributed by atoms with van der Waals surface area (Å²) in [5.41, 5.74) is 1.76. The van der Waals surface area contributed by atoms with Crippen LogP contribution in [0, 0.1) is 13.8 Å². The molecular weight excluding hydrogens is 334 g/mol. The molecular formula is C19H21N3O4. The van der Waals surface area contributed by atoms with E-state index in [2.05, 4.69) is 15.5 Å². The first-order valence-corrected chi connectivity index (χ1v) is 8.34. The summed E-state index contributed by atoms with van der Waals surface area (Å²) in [4.78, 5) is 12.0. The van der Waals surface area contributed by atoms with Crippen LogP contribution in [-0.4, -0.2) is 23.2 Å². The second kappa shape index (κ2) is 7.86. The van der Waals surface area contributed by atoms with Gasteiger partial charge in [-0.05, 0) is 37.6 Å². The number of rotatable bonds is 7. The number of nitrogens with zero attached hydrogens (tertiary/aromatic N) is 2. The molecule has 1 aromatic carbocycles. The molecule has 0 aliphatic rings. The average molecular weight is 355 g/mol. The predicted octanol–water partition coefficient (Wildman–Crippen LogP) is 3.20. The molecule has 0 unspecified atom stereocenters. The Bertz CT molecular complexity index is 898. The molecule has 0 spiro atoms. The molecule has 0 aliphatic heterocycles. The van der Waals surface area contributed by atoms with Gasteiger partial charge in [0.15, 0.2) is 0 Å². The van der Waals surface area contributed by atoms with Gasteiger partial charge in [0.05, 0.1) is 12.7 Å². The van der Waals surface area contributed by atoms with Gasteiger partial charge >= 0.3 is 0 Å². The third-order valence-electron chi connectivity index (χ3n) is 3.93. The van der Waals surface area contributed by atoms with E-state index in [9.17, 15) is 4.79 Å². The molecule has 3 rings (SSSR count). The third kappa shape index (κ3) is 4.30. The number of carbonyl (C=O) groups is 1. The number of ether oxygens (including phenoxy) is 1. The van der Waals surface area contributed by atoms with Crippen molar-refractivity contribution < 1.29 is 18.4 Å².